The van der Waals surface area contributed by atoms with E-state index in [4.69, 9.17) is 14.5 Å². The van der Waals surface area contributed by atoms with Crippen LogP contribution in [0.3, 0.4) is 0 Å². The molecule has 0 spiro atoms. The molecule has 6 nitrogen and oxygen atoms in total. The van der Waals surface area contributed by atoms with Crippen molar-refractivity contribution in [3.8, 4) is 5.75 Å². The van der Waals surface area contributed by atoms with E-state index in [0.717, 1.165) is 40.4 Å². The molecule has 1 aliphatic carbocycles. The van der Waals surface area contributed by atoms with Gasteiger partial charge in [-0.3, -0.25) is 0 Å². The lowest BCUT2D eigenvalue weighted by atomic mass is 9.74. The van der Waals surface area contributed by atoms with E-state index in [2.05, 4.69) is 36.7 Å². The third-order valence-corrected chi connectivity index (χ3v) is 7.24. The maximum absolute atomic E-state index is 12.4. The smallest absolute Gasteiger partial charge is 0.338 e. The van der Waals surface area contributed by atoms with Gasteiger partial charge in [-0.25, -0.2) is 9.78 Å². The highest BCUT2D eigenvalue weighted by atomic mass is 16.5. The molecule has 0 amide bonds. The third kappa shape index (κ3) is 5.31. The fourth-order valence-electron chi connectivity index (χ4n) is 5.47. The summed E-state index contributed by atoms with van der Waals surface area (Å²) in [6.07, 6.45) is 3.72. The number of carbonyl (C=O) groups is 1. The number of hydrogen-bond acceptors (Lipinski definition) is 5. The van der Waals surface area contributed by atoms with Gasteiger partial charge in [0.15, 0.2) is 0 Å². The summed E-state index contributed by atoms with van der Waals surface area (Å²) in [5, 5.41) is 3.58. The number of nitrogens with one attached hydrogen (secondary N) is 1. The van der Waals surface area contributed by atoms with Crippen LogP contribution in [0.25, 0.3) is 11.0 Å². The second-order valence-electron chi connectivity index (χ2n) is 10.7. The molecule has 0 radical (unpaired) electrons. The summed E-state index contributed by atoms with van der Waals surface area (Å²) in [4.78, 5) is 17.4. The summed E-state index contributed by atoms with van der Waals surface area (Å²) in [7, 11) is 1.42. The van der Waals surface area contributed by atoms with Gasteiger partial charge in [0.25, 0.3) is 0 Å². The van der Waals surface area contributed by atoms with Gasteiger partial charge in [-0.05, 0) is 93.3 Å². The van der Waals surface area contributed by atoms with E-state index in [9.17, 15) is 4.79 Å². The third-order valence-electron chi connectivity index (χ3n) is 7.24. The molecule has 6 heteroatoms. The zero-order valence-electron chi connectivity index (χ0n) is 22.1. The molecule has 3 aromatic rings. The van der Waals surface area contributed by atoms with Gasteiger partial charge in [-0.1, -0.05) is 27.2 Å². The van der Waals surface area contributed by atoms with Gasteiger partial charge < -0.3 is 19.4 Å². The number of esters is 1. The summed E-state index contributed by atoms with van der Waals surface area (Å²) in [5.74, 6) is 3.11. The number of rotatable bonds is 7. The number of methoxy groups -OCH3 is 1. The number of aromatic nitrogens is 2. The van der Waals surface area contributed by atoms with Crippen molar-refractivity contribution in [2.45, 2.75) is 73.0 Å². The van der Waals surface area contributed by atoms with Gasteiger partial charge in [0, 0.05) is 11.7 Å². The molecule has 0 unspecified atom stereocenters. The number of anilines is 2. The van der Waals surface area contributed by atoms with Crippen molar-refractivity contribution < 1.29 is 14.3 Å². The molecule has 188 valence electrons. The Hall–Kier alpha value is -3.02. The number of benzene rings is 2. The lowest BCUT2D eigenvalue weighted by molar-refractivity contribution is 0.0600. The molecule has 0 bridgehead atoms. The van der Waals surface area contributed by atoms with Crippen molar-refractivity contribution in [2.24, 2.45) is 17.8 Å². The van der Waals surface area contributed by atoms with Crippen molar-refractivity contribution in [2.75, 3.05) is 12.4 Å². The van der Waals surface area contributed by atoms with Crippen LogP contribution in [0.15, 0.2) is 36.4 Å². The zero-order chi connectivity index (χ0) is 25.3. The minimum Gasteiger partial charge on any atom is -0.491 e. The predicted octanol–water partition coefficient (Wildman–Crippen LogP) is 7.30. The van der Waals surface area contributed by atoms with Crippen LogP contribution in [0.4, 0.5) is 11.6 Å². The van der Waals surface area contributed by atoms with Crippen LogP contribution in [-0.4, -0.2) is 28.7 Å². The predicted molar refractivity (Wildman–Crippen MR) is 142 cm³/mol. The molecule has 35 heavy (non-hydrogen) atoms. The second-order valence-corrected chi connectivity index (χ2v) is 10.7. The Morgan fingerprint density at radius 1 is 1.11 bits per heavy atom. The molecule has 2 aromatic carbocycles. The molecule has 1 heterocycles. The summed E-state index contributed by atoms with van der Waals surface area (Å²) in [6, 6.07) is 12.3. The zero-order valence-corrected chi connectivity index (χ0v) is 22.1. The van der Waals surface area contributed by atoms with E-state index in [1.165, 1.54) is 20.0 Å². The number of nitrogens with zero attached hydrogens (tertiary/aromatic N) is 2. The van der Waals surface area contributed by atoms with Crippen molar-refractivity contribution >= 4 is 28.6 Å². The Morgan fingerprint density at radius 2 is 1.83 bits per heavy atom. The van der Waals surface area contributed by atoms with Crippen LogP contribution in [-0.2, 0) is 4.74 Å². The van der Waals surface area contributed by atoms with E-state index < -0.39 is 0 Å². The second kappa shape index (κ2) is 10.3. The summed E-state index contributed by atoms with van der Waals surface area (Å²) in [5.41, 5.74) is 4.27. The normalized spacial score (nSPS) is 20.4. The van der Waals surface area contributed by atoms with Gasteiger partial charge in [-0.15, -0.1) is 0 Å². The molecule has 1 N–H and O–H groups in total. The average molecular weight is 478 g/mol. The van der Waals surface area contributed by atoms with Crippen molar-refractivity contribution in [3.63, 3.8) is 0 Å². The van der Waals surface area contributed by atoms with Crippen molar-refractivity contribution in [1.82, 2.24) is 9.55 Å². The van der Waals surface area contributed by atoms with Gasteiger partial charge in [-0.2, -0.15) is 0 Å². The summed E-state index contributed by atoms with van der Waals surface area (Å²) in [6.45, 7) is 13.0. The van der Waals surface area contributed by atoms with Gasteiger partial charge in [0.05, 0.1) is 29.8 Å². The minimum absolute atomic E-state index is 0.131. The molecule has 1 aromatic heterocycles. The first-order valence-corrected chi connectivity index (χ1v) is 12.8. The monoisotopic (exact) mass is 477 g/mol. The molecule has 0 aliphatic heterocycles. The number of fused-ring (bicyclic) bond motifs is 1. The van der Waals surface area contributed by atoms with Crippen LogP contribution in [0.1, 0.15) is 75.8 Å². The van der Waals surface area contributed by atoms with Crippen LogP contribution in [0.2, 0.25) is 0 Å². The topological polar surface area (TPSA) is 65.4 Å². The Balaban J connectivity index is 1.82. The lowest BCUT2D eigenvalue weighted by Crippen LogP contribution is -2.30. The maximum atomic E-state index is 12.4. The molecular weight excluding hydrogens is 438 g/mol. The van der Waals surface area contributed by atoms with E-state index in [1.54, 1.807) is 0 Å². The highest BCUT2D eigenvalue weighted by molar-refractivity contribution is 5.96. The number of ether oxygens (including phenoxy) is 2. The van der Waals surface area contributed by atoms with E-state index in [-0.39, 0.29) is 12.1 Å². The Bertz CT molecular complexity index is 1180. The molecule has 3 atom stereocenters. The average Bonchev–Trinajstić information content (AvgIpc) is 3.15. The first kappa shape index (κ1) is 25.1. The largest absolute Gasteiger partial charge is 0.491 e. The van der Waals surface area contributed by atoms with Crippen molar-refractivity contribution in [1.29, 1.82) is 0 Å². The highest BCUT2D eigenvalue weighted by Crippen LogP contribution is 2.44. The van der Waals surface area contributed by atoms with E-state index in [1.807, 2.05) is 51.1 Å². The fraction of sp³-hybridized carbons (Fsp3) is 0.517. The fourth-order valence-corrected chi connectivity index (χ4v) is 5.47. The number of imidazole rings is 1. The minimum atomic E-state index is -0.333. The number of hydrogen-bond donors (Lipinski definition) is 1. The summed E-state index contributed by atoms with van der Waals surface area (Å²) >= 11 is 0. The van der Waals surface area contributed by atoms with Crippen LogP contribution in [0, 0.1) is 24.7 Å². The van der Waals surface area contributed by atoms with Gasteiger partial charge in [0.1, 0.15) is 5.75 Å². The van der Waals surface area contributed by atoms with E-state index in [0.29, 0.717) is 29.4 Å². The quantitative estimate of drug-likeness (QED) is 0.362. The van der Waals surface area contributed by atoms with Crippen LogP contribution in [0.5, 0.6) is 5.75 Å². The maximum Gasteiger partial charge on any atom is 0.338 e. The standard InChI is InChI=1S/C29H39N3O3/c1-17(2)23-13-8-19(5)14-26(23)32-27-15-20(6)24(28(33)34-7)16-25(27)31-29(32)30-21-9-11-22(12-10-21)35-18(3)4/h9-12,15-19,23,26H,8,13-14H2,1-7H3,(H,30,31)/t19-,23+,26-/m1/s1. The highest BCUT2D eigenvalue weighted by Gasteiger charge is 2.34. The van der Waals surface area contributed by atoms with Crippen LogP contribution >= 0.6 is 0 Å². The Morgan fingerprint density at radius 3 is 2.46 bits per heavy atom. The first-order chi connectivity index (χ1) is 16.7. The molecule has 1 aliphatic rings. The molecule has 0 saturated heterocycles. The molecule has 1 fully saturated rings. The number of aryl methyl sites for hydroxylation is 1. The summed E-state index contributed by atoms with van der Waals surface area (Å²) < 4.78 is 13.2. The van der Waals surface area contributed by atoms with Gasteiger partial charge >= 0.3 is 5.97 Å². The SMILES string of the molecule is COC(=O)c1cc2nc(Nc3ccc(OC(C)C)cc3)n([C@@H]3C[C@H](C)CC[C@H]3C(C)C)c2cc1C. The molecule has 1 saturated carbocycles. The first-order valence-electron chi connectivity index (χ1n) is 12.8. The number of carbonyl (C=O) groups excluding carboxylic acids is 1. The lowest BCUT2D eigenvalue weighted by Gasteiger charge is -2.39. The molecule has 4 rings (SSSR count). The Labute approximate surface area is 209 Å². The van der Waals surface area contributed by atoms with Crippen molar-refractivity contribution in [3.05, 3.63) is 47.5 Å². The molecular formula is C29H39N3O3. The Kier molecular flexibility index (Phi) is 7.39. The van der Waals surface area contributed by atoms with E-state index >= 15 is 0 Å². The van der Waals surface area contributed by atoms with Crippen LogP contribution < -0.4 is 10.1 Å². The van der Waals surface area contributed by atoms with Gasteiger partial charge in [0.2, 0.25) is 5.95 Å².